The van der Waals surface area contributed by atoms with Gasteiger partial charge in [0.15, 0.2) is 0 Å². The van der Waals surface area contributed by atoms with Crippen molar-refractivity contribution in [1.29, 1.82) is 0 Å². The molecule has 0 aliphatic heterocycles. The minimum atomic E-state index is -0.921. The van der Waals surface area contributed by atoms with Gasteiger partial charge in [0.2, 0.25) is 5.91 Å². The summed E-state index contributed by atoms with van der Waals surface area (Å²) in [5.41, 5.74) is 2.56. The number of nitrogens with one attached hydrogen (secondary N) is 2. The van der Waals surface area contributed by atoms with Gasteiger partial charge in [-0.2, -0.15) is 0 Å². The lowest BCUT2D eigenvalue weighted by Crippen LogP contribution is -2.53. The fourth-order valence-corrected chi connectivity index (χ4v) is 3.75. The zero-order valence-corrected chi connectivity index (χ0v) is 21.3. The van der Waals surface area contributed by atoms with E-state index in [-0.39, 0.29) is 25.6 Å². The molecule has 2 N–H and O–H groups in total. The Morgan fingerprint density at radius 3 is 1.65 bits per heavy atom. The summed E-state index contributed by atoms with van der Waals surface area (Å²) in [4.78, 5) is 38.8. The lowest BCUT2D eigenvalue weighted by Gasteiger charge is -2.24. The van der Waals surface area contributed by atoms with Crippen LogP contribution in [0.3, 0.4) is 0 Å². The molecule has 7 heteroatoms. The van der Waals surface area contributed by atoms with Gasteiger partial charge in [-0.15, -0.1) is 0 Å². The minimum absolute atomic E-state index is 0.0884. The van der Waals surface area contributed by atoms with Crippen molar-refractivity contribution in [3.05, 3.63) is 108 Å². The van der Waals surface area contributed by atoms with E-state index in [1.165, 1.54) is 0 Å². The predicted molar refractivity (Wildman–Crippen MR) is 141 cm³/mol. The van der Waals surface area contributed by atoms with Crippen LogP contribution in [-0.4, -0.2) is 30.1 Å². The summed E-state index contributed by atoms with van der Waals surface area (Å²) in [5, 5.41) is 5.46. The smallest absolute Gasteiger partial charge is 0.408 e. The maximum absolute atomic E-state index is 13.3. The van der Waals surface area contributed by atoms with Gasteiger partial charge in [-0.05, 0) is 29.0 Å². The highest BCUT2D eigenvalue weighted by Gasteiger charge is 2.29. The van der Waals surface area contributed by atoms with Gasteiger partial charge in [0, 0.05) is 6.42 Å². The summed E-state index contributed by atoms with van der Waals surface area (Å²) >= 11 is 0. The van der Waals surface area contributed by atoms with E-state index in [1.54, 1.807) is 0 Å². The second-order valence-electron chi connectivity index (χ2n) is 9.23. The first-order valence-electron chi connectivity index (χ1n) is 12.4. The second-order valence-corrected chi connectivity index (χ2v) is 9.23. The highest BCUT2D eigenvalue weighted by molar-refractivity contribution is 5.89. The monoisotopic (exact) mass is 502 g/mol. The summed E-state index contributed by atoms with van der Waals surface area (Å²) in [5.74, 6) is -0.901. The average molecular weight is 503 g/mol. The molecule has 0 saturated heterocycles. The summed E-state index contributed by atoms with van der Waals surface area (Å²) in [6, 6.07) is 26.2. The van der Waals surface area contributed by atoms with Crippen molar-refractivity contribution in [1.82, 2.24) is 10.6 Å². The lowest BCUT2D eigenvalue weighted by molar-refractivity contribution is -0.149. The molecule has 0 heterocycles. The number of carbonyl (C=O) groups is 3. The van der Waals surface area contributed by atoms with E-state index in [1.807, 2.05) is 105 Å². The summed E-state index contributed by atoms with van der Waals surface area (Å²) in [6.07, 6.45) is -0.0629. The third-order valence-electron chi connectivity index (χ3n) is 5.64. The van der Waals surface area contributed by atoms with E-state index >= 15 is 0 Å². The first kappa shape index (κ1) is 27.5. The van der Waals surface area contributed by atoms with Gasteiger partial charge in [0.25, 0.3) is 0 Å². The number of alkyl carbamates (subject to hydrolysis) is 1. The van der Waals surface area contributed by atoms with Crippen LogP contribution < -0.4 is 10.6 Å². The van der Waals surface area contributed by atoms with E-state index in [0.717, 1.165) is 16.7 Å². The number of rotatable bonds is 12. The molecule has 0 aliphatic carbocycles. The second kappa shape index (κ2) is 14.4. The van der Waals surface area contributed by atoms with Crippen LogP contribution in [0.15, 0.2) is 91.0 Å². The molecule has 0 fully saturated rings. The predicted octanol–water partition coefficient (Wildman–Crippen LogP) is 4.80. The molecule has 0 spiro atoms. The molecular weight excluding hydrogens is 468 g/mol. The summed E-state index contributed by atoms with van der Waals surface area (Å²) in [7, 11) is 0. The SMILES string of the molecule is CC(C)C[C@H](NC(=O)OCc1ccccc1)C(=O)N[C@H](Cc1ccccc1)C(=O)OCc1ccccc1. The van der Waals surface area contributed by atoms with Gasteiger partial charge in [-0.3, -0.25) is 4.79 Å². The Morgan fingerprint density at radius 1 is 0.649 bits per heavy atom. The molecule has 194 valence electrons. The highest BCUT2D eigenvalue weighted by atomic mass is 16.5. The molecule has 3 aromatic carbocycles. The van der Waals surface area contributed by atoms with Crippen molar-refractivity contribution in [2.75, 3.05) is 0 Å². The van der Waals surface area contributed by atoms with Crippen LogP contribution >= 0.6 is 0 Å². The van der Waals surface area contributed by atoms with Crippen molar-refractivity contribution in [3.63, 3.8) is 0 Å². The van der Waals surface area contributed by atoms with Crippen LogP contribution in [0.1, 0.15) is 37.0 Å². The number of hydrogen-bond acceptors (Lipinski definition) is 5. The van der Waals surface area contributed by atoms with Gasteiger partial charge in [0.1, 0.15) is 25.3 Å². The van der Waals surface area contributed by atoms with Crippen molar-refractivity contribution in [2.24, 2.45) is 5.92 Å². The molecular formula is C30H34N2O5. The first-order valence-corrected chi connectivity index (χ1v) is 12.4. The fourth-order valence-electron chi connectivity index (χ4n) is 3.75. The van der Waals surface area contributed by atoms with Crippen LogP contribution in [0.2, 0.25) is 0 Å². The van der Waals surface area contributed by atoms with E-state index in [4.69, 9.17) is 9.47 Å². The molecule has 0 aromatic heterocycles. The van der Waals surface area contributed by atoms with Crippen molar-refractivity contribution < 1.29 is 23.9 Å². The average Bonchev–Trinajstić information content (AvgIpc) is 2.91. The largest absolute Gasteiger partial charge is 0.459 e. The molecule has 3 aromatic rings. The Hall–Kier alpha value is -4.13. The highest BCUT2D eigenvalue weighted by Crippen LogP contribution is 2.11. The number of esters is 1. The van der Waals surface area contributed by atoms with Crippen LogP contribution in [-0.2, 0) is 38.7 Å². The molecule has 2 atom stereocenters. The molecule has 3 rings (SSSR count). The maximum Gasteiger partial charge on any atom is 0.408 e. The van der Waals surface area contributed by atoms with E-state index < -0.39 is 30.1 Å². The topological polar surface area (TPSA) is 93.7 Å². The Labute approximate surface area is 218 Å². The number of hydrogen-bond donors (Lipinski definition) is 2. The van der Waals surface area contributed by atoms with Gasteiger partial charge in [-0.25, -0.2) is 9.59 Å². The molecule has 0 bridgehead atoms. The van der Waals surface area contributed by atoms with E-state index in [9.17, 15) is 14.4 Å². The van der Waals surface area contributed by atoms with E-state index in [0.29, 0.717) is 6.42 Å². The van der Waals surface area contributed by atoms with Gasteiger partial charge in [-0.1, -0.05) is 105 Å². The van der Waals surface area contributed by atoms with E-state index in [2.05, 4.69) is 10.6 Å². The van der Waals surface area contributed by atoms with Crippen molar-refractivity contribution in [2.45, 2.75) is 52.0 Å². The zero-order chi connectivity index (χ0) is 26.5. The number of benzene rings is 3. The van der Waals surface area contributed by atoms with Gasteiger partial charge < -0.3 is 20.1 Å². The molecule has 0 saturated carbocycles. The fraction of sp³-hybridized carbons (Fsp3) is 0.300. The molecule has 0 aliphatic rings. The molecule has 0 radical (unpaired) electrons. The molecule has 37 heavy (non-hydrogen) atoms. The Morgan fingerprint density at radius 2 is 1.14 bits per heavy atom. The lowest BCUT2D eigenvalue weighted by atomic mass is 10.0. The standard InChI is InChI=1S/C30H34N2O5/c1-22(2)18-26(32-30(35)37-21-25-16-10-5-11-17-25)28(33)31-27(19-23-12-6-3-7-13-23)29(34)36-20-24-14-8-4-9-15-24/h3-17,22,26-27H,18-21H2,1-2H3,(H,31,33)(H,32,35)/t26-,27+/m0/s1. The van der Waals surface area contributed by atoms with Crippen molar-refractivity contribution in [3.8, 4) is 0 Å². The summed E-state index contributed by atoms with van der Waals surface area (Å²) in [6.45, 7) is 4.09. The maximum atomic E-state index is 13.3. The van der Waals surface area contributed by atoms with Crippen LogP contribution in [0.25, 0.3) is 0 Å². The summed E-state index contributed by atoms with van der Waals surface area (Å²) < 4.78 is 10.8. The third kappa shape index (κ3) is 9.80. The third-order valence-corrected chi connectivity index (χ3v) is 5.64. The molecule has 0 unspecified atom stereocenters. The quantitative estimate of drug-likeness (QED) is 0.347. The Balaban J connectivity index is 1.66. The number of amides is 2. The number of ether oxygens (including phenoxy) is 2. The van der Waals surface area contributed by atoms with Crippen molar-refractivity contribution >= 4 is 18.0 Å². The normalized spacial score (nSPS) is 12.3. The number of carbonyl (C=O) groups excluding carboxylic acids is 3. The van der Waals surface area contributed by atoms with Crippen LogP contribution in [0.5, 0.6) is 0 Å². The molecule has 7 nitrogen and oxygen atoms in total. The zero-order valence-electron chi connectivity index (χ0n) is 21.3. The van der Waals surface area contributed by atoms with Crippen LogP contribution in [0.4, 0.5) is 4.79 Å². The molecule has 2 amide bonds. The van der Waals surface area contributed by atoms with Gasteiger partial charge in [0.05, 0.1) is 0 Å². The Kier molecular flexibility index (Phi) is 10.7. The van der Waals surface area contributed by atoms with Gasteiger partial charge >= 0.3 is 12.1 Å². The minimum Gasteiger partial charge on any atom is -0.459 e. The Bertz CT molecular complexity index is 1120. The first-order chi connectivity index (χ1) is 17.9. The van der Waals surface area contributed by atoms with Crippen LogP contribution in [0, 0.1) is 5.92 Å².